The maximum Gasteiger partial charge on any atom is 0.316 e. The highest BCUT2D eigenvalue weighted by Crippen LogP contribution is 2.25. The minimum absolute atomic E-state index is 0.109. The number of para-hydroxylation sites is 1. The summed E-state index contributed by atoms with van der Waals surface area (Å²) in [6.45, 7) is 2.18. The Bertz CT molecular complexity index is 1170. The van der Waals surface area contributed by atoms with Crippen LogP contribution in [0.1, 0.15) is 21.9 Å². The van der Waals surface area contributed by atoms with E-state index in [1.54, 1.807) is 16.9 Å². The molecule has 0 aliphatic rings. The number of nitrogens with one attached hydrogen (secondary N) is 1. The molecular weight excluding hydrogens is 458 g/mol. The number of halogens is 2. The first kappa shape index (κ1) is 19.4. The highest BCUT2D eigenvalue weighted by Gasteiger charge is 2.19. The van der Waals surface area contributed by atoms with E-state index in [2.05, 4.69) is 36.5 Å². The molecule has 7 nitrogen and oxygen atoms in total. The molecule has 0 aliphatic carbocycles. The van der Waals surface area contributed by atoms with E-state index < -0.39 is 5.91 Å². The minimum Gasteiger partial charge on any atom is -0.344 e. The molecule has 0 saturated heterocycles. The van der Waals surface area contributed by atoms with Crippen LogP contribution in [0.25, 0.3) is 17.1 Å². The number of nitrogens with zero attached hydrogens (tertiary/aromatic N) is 4. The van der Waals surface area contributed by atoms with Gasteiger partial charge in [-0.1, -0.05) is 57.0 Å². The normalized spacial score (nSPS) is 10.9. The van der Waals surface area contributed by atoms with Crippen LogP contribution in [0.2, 0.25) is 5.02 Å². The Morgan fingerprint density at radius 2 is 1.97 bits per heavy atom. The van der Waals surface area contributed by atoms with Crippen LogP contribution in [-0.2, 0) is 6.54 Å². The van der Waals surface area contributed by atoms with Crippen LogP contribution >= 0.6 is 27.5 Å². The van der Waals surface area contributed by atoms with Crippen molar-refractivity contribution in [3.63, 3.8) is 0 Å². The fourth-order valence-corrected chi connectivity index (χ4v) is 3.21. The van der Waals surface area contributed by atoms with Gasteiger partial charge in [0.1, 0.15) is 0 Å². The van der Waals surface area contributed by atoms with Gasteiger partial charge in [0.2, 0.25) is 5.82 Å². The van der Waals surface area contributed by atoms with Gasteiger partial charge in [-0.15, -0.1) is 0 Å². The summed E-state index contributed by atoms with van der Waals surface area (Å²) in [7, 11) is 0. The number of benzene rings is 2. The van der Waals surface area contributed by atoms with E-state index in [-0.39, 0.29) is 11.7 Å². The Morgan fingerprint density at radius 1 is 1.21 bits per heavy atom. The molecular formula is C20H15BrClN5O2. The molecule has 2 aromatic heterocycles. The van der Waals surface area contributed by atoms with Crippen LogP contribution in [0.5, 0.6) is 0 Å². The van der Waals surface area contributed by atoms with Crippen molar-refractivity contribution in [2.24, 2.45) is 0 Å². The van der Waals surface area contributed by atoms with Crippen molar-refractivity contribution in [1.82, 2.24) is 25.2 Å². The number of carbonyl (C=O) groups excluding carboxylic acids is 1. The third-order valence-electron chi connectivity index (χ3n) is 4.23. The Morgan fingerprint density at radius 3 is 2.72 bits per heavy atom. The van der Waals surface area contributed by atoms with Crippen molar-refractivity contribution < 1.29 is 9.32 Å². The average molecular weight is 473 g/mol. The lowest BCUT2D eigenvalue weighted by atomic mass is 10.2. The molecule has 0 radical (unpaired) electrons. The molecule has 146 valence electrons. The van der Waals surface area contributed by atoms with Crippen LogP contribution in [-0.4, -0.2) is 25.8 Å². The second kappa shape index (κ2) is 8.18. The highest BCUT2D eigenvalue weighted by molar-refractivity contribution is 9.10. The van der Waals surface area contributed by atoms with Crippen molar-refractivity contribution in [2.75, 3.05) is 0 Å². The van der Waals surface area contributed by atoms with E-state index >= 15 is 0 Å². The van der Waals surface area contributed by atoms with Gasteiger partial charge >= 0.3 is 11.8 Å². The first-order valence-electron chi connectivity index (χ1n) is 8.69. The maximum atomic E-state index is 12.3. The van der Waals surface area contributed by atoms with Gasteiger partial charge in [0.05, 0.1) is 22.0 Å². The number of carbonyl (C=O) groups is 1. The van der Waals surface area contributed by atoms with Gasteiger partial charge in [-0.3, -0.25) is 4.79 Å². The topological polar surface area (TPSA) is 85.8 Å². The number of aryl methyl sites for hydroxylation is 1. The summed E-state index contributed by atoms with van der Waals surface area (Å²) in [6.07, 6.45) is 1.75. The van der Waals surface area contributed by atoms with Crippen molar-refractivity contribution in [1.29, 1.82) is 0 Å². The monoisotopic (exact) mass is 471 g/mol. The number of hydrogen-bond acceptors (Lipinski definition) is 5. The summed E-state index contributed by atoms with van der Waals surface area (Å²) < 4.78 is 7.76. The lowest BCUT2D eigenvalue weighted by Crippen LogP contribution is -2.23. The maximum absolute atomic E-state index is 12.3. The molecule has 4 rings (SSSR count). The second-order valence-corrected chi connectivity index (χ2v) is 7.58. The van der Waals surface area contributed by atoms with E-state index in [4.69, 9.17) is 16.1 Å². The zero-order valence-corrected chi connectivity index (χ0v) is 17.6. The third kappa shape index (κ3) is 4.23. The Labute approximate surface area is 179 Å². The lowest BCUT2D eigenvalue weighted by molar-refractivity contribution is 0.0907. The van der Waals surface area contributed by atoms with E-state index in [9.17, 15) is 4.79 Å². The van der Waals surface area contributed by atoms with Crippen molar-refractivity contribution >= 4 is 33.4 Å². The Kier molecular flexibility index (Phi) is 5.46. The van der Waals surface area contributed by atoms with Crippen LogP contribution in [0.4, 0.5) is 0 Å². The van der Waals surface area contributed by atoms with Gasteiger partial charge in [0.15, 0.2) is 0 Å². The molecule has 0 fully saturated rings. The molecule has 2 aromatic carbocycles. The summed E-state index contributed by atoms with van der Waals surface area (Å²) in [5, 5.41) is 11.7. The number of rotatable bonds is 5. The predicted molar refractivity (Wildman–Crippen MR) is 112 cm³/mol. The van der Waals surface area contributed by atoms with Crippen LogP contribution in [0, 0.1) is 6.92 Å². The van der Waals surface area contributed by atoms with Gasteiger partial charge in [-0.2, -0.15) is 10.1 Å². The van der Waals surface area contributed by atoms with Gasteiger partial charge in [0.25, 0.3) is 0 Å². The first-order valence-corrected chi connectivity index (χ1v) is 9.86. The molecule has 2 heterocycles. The van der Waals surface area contributed by atoms with Gasteiger partial charge in [-0.25, -0.2) is 4.68 Å². The molecule has 29 heavy (non-hydrogen) atoms. The quantitative estimate of drug-likeness (QED) is 0.460. The van der Waals surface area contributed by atoms with Gasteiger partial charge < -0.3 is 9.84 Å². The molecule has 0 spiro atoms. The van der Waals surface area contributed by atoms with E-state index in [0.29, 0.717) is 22.8 Å². The Hall–Kier alpha value is -2.97. The average Bonchev–Trinajstić information content (AvgIpc) is 3.34. The summed E-state index contributed by atoms with van der Waals surface area (Å²) in [4.78, 5) is 16.5. The fraction of sp³-hybridized carbons (Fsp3) is 0.100. The molecule has 0 atom stereocenters. The van der Waals surface area contributed by atoms with E-state index in [0.717, 1.165) is 15.7 Å². The summed E-state index contributed by atoms with van der Waals surface area (Å²) in [5.41, 5.74) is 3.03. The third-order valence-corrected chi connectivity index (χ3v) is 5.07. The van der Waals surface area contributed by atoms with E-state index in [1.165, 1.54) is 0 Å². The summed E-state index contributed by atoms with van der Waals surface area (Å²) in [5.74, 6) is -0.264. The van der Waals surface area contributed by atoms with Crippen molar-refractivity contribution in [3.8, 4) is 17.1 Å². The molecule has 1 N–H and O–H groups in total. The number of aromatic nitrogens is 4. The molecule has 4 aromatic rings. The number of amides is 1. The molecule has 1 amide bonds. The van der Waals surface area contributed by atoms with Crippen LogP contribution in [0.3, 0.4) is 0 Å². The number of hydrogen-bond donors (Lipinski definition) is 1. The highest BCUT2D eigenvalue weighted by atomic mass is 79.9. The molecule has 0 aliphatic heterocycles. The zero-order chi connectivity index (χ0) is 20.4. The smallest absolute Gasteiger partial charge is 0.316 e. The molecule has 0 unspecified atom stereocenters. The Balaban J connectivity index is 1.51. The SMILES string of the molecule is Cc1nn(-c2ccccc2Cl)cc1-c1noc(C(=O)NCc2ccc(Br)cc2)n1. The predicted octanol–water partition coefficient (Wildman–Crippen LogP) is 4.58. The zero-order valence-electron chi connectivity index (χ0n) is 15.3. The standard InChI is InChI=1S/C20H15BrClN5O2/c1-12-15(11-27(25-12)17-5-3-2-4-16(17)22)18-24-20(29-26-18)19(28)23-10-13-6-8-14(21)9-7-13/h2-9,11H,10H2,1H3,(H,23,28). The fourth-order valence-electron chi connectivity index (χ4n) is 2.73. The van der Waals surface area contributed by atoms with E-state index in [1.807, 2.05) is 49.4 Å². The minimum atomic E-state index is -0.442. The first-order chi connectivity index (χ1) is 14.0. The van der Waals surface area contributed by atoms with Crippen molar-refractivity contribution in [3.05, 3.63) is 81.4 Å². The van der Waals surface area contributed by atoms with Crippen molar-refractivity contribution in [2.45, 2.75) is 13.5 Å². The van der Waals surface area contributed by atoms with Crippen LogP contribution in [0.15, 0.2) is 63.7 Å². The molecule has 0 saturated carbocycles. The van der Waals surface area contributed by atoms with Gasteiger partial charge in [0, 0.05) is 17.2 Å². The molecule has 0 bridgehead atoms. The largest absolute Gasteiger partial charge is 0.344 e. The second-order valence-electron chi connectivity index (χ2n) is 6.26. The lowest BCUT2D eigenvalue weighted by Gasteiger charge is -2.02. The van der Waals surface area contributed by atoms with Gasteiger partial charge in [-0.05, 0) is 36.8 Å². The molecule has 9 heteroatoms. The summed E-state index contributed by atoms with van der Waals surface area (Å²) >= 11 is 9.62. The summed E-state index contributed by atoms with van der Waals surface area (Å²) in [6, 6.07) is 15.0. The van der Waals surface area contributed by atoms with Crippen LogP contribution < -0.4 is 5.32 Å².